The Hall–Kier alpha value is -1.69. The van der Waals surface area contributed by atoms with Gasteiger partial charge >= 0.3 is 0 Å². The summed E-state index contributed by atoms with van der Waals surface area (Å²) in [5.74, 6) is 1.09. The Labute approximate surface area is 120 Å². The van der Waals surface area contributed by atoms with Crippen LogP contribution in [0.25, 0.3) is 0 Å². The zero-order chi connectivity index (χ0) is 15.0. The fraction of sp³-hybridized carbons (Fsp3) is 0.643. The first kappa shape index (κ1) is 16.4. The lowest BCUT2D eigenvalue weighted by Gasteiger charge is -2.10. The highest BCUT2D eigenvalue weighted by atomic mass is 16.5. The summed E-state index contributed by atoms with van der Waals surface area (Å²) in [5.41, 5.74) is 0.348. The summed E-state index contributed by atoms with van der Waals surface area (Å²) in [6.45, 7) is 6.56. The molecule has 1 rings (SSSR count). The van der Waals surface area contributed by atoms with Crippen molar-refractivity contribution in [1.82, 2.24) is 15.1 Å². The van der Waals surface area contributed by atoms with Crippen molar-refractivity contribution in [3.8, 4) is 0 Å². The minimum absolute atomic E-state index is 0.147. The lowest BCUT2D eigenvalue weighted by atomic mass is 10.2. The molecule has 0 radical (unpaired) electrons. The number of nitrogens with zero attached hydrogens (tertiary/aromatic N) is 3. The van der Waals surface area contributed by atoms with Gasteiger partial charge in [-0.05, 0) is 24.5 Å². The molecule has 0 unspecified atom stereocenters. The minimum Gasteiger partial charge on any atom is -0.381 e. The molecule has 1 heterocycles. The van der Waals surface area contributed by atoms with Gasteiger partial charge in [0.2, 0.25) is 0 Å². The molecule has 6 heteroatoms. The topological polar surface area (TPSA) is 67.3 Å². The first-order valence-corrected chi connectivity index (χ1v) is 6.87. The van der Waals surface area contributed by atoms with Gasteiger partial charge in [-0.1, -0.05) is 13.8 Å². The van der Waals surface area contributed by atoms with Crippen molar-refractivity contribution >= 4 is 11.7 Å². The van der Waals surface area contributed by atoms with E-state index in [1.807, 2.05) is 0 Å². The molecule has 0 fully saturated rings. The maximum atomic E-state index is 11.6. The number of carbonyl (C=O) groups is 1. The van der Waals surface area contributed by atoms with Crippen molar-refractivity contribution in [3.05, 3.63) is 17.8 Å². The summed E-state index contributed by atoms with van der Waals surface area (Å²) >= 11 is 0. The van der Waals surface area contributed by atoms with E-state index < -0.39 is 0 Å². The molecular formula is C14H24N4O2. The molecular weight excluding hydrogens is 256 g/mol. The van der Waals surface area contributed by atoms with Gasteiger partial charge in [-0.2, -0.15) is 0 Å². The highest BCUT2D eigenvalue weighted by molar-refractivity contribution is 5.91. The van der Waals surface area contributed by atoms with Crippen molar-refractivity contribution in [2.75, 3.05) is 39.2 Å². The molecule has 1 N–H and O–H groups in total. The van der Waals surface area contributed by atoms with Gasteiger partial charge in [0.15, 0.2) is 5.69 Å². The molecule has 0 aliphatic rings. The molecule has 1 aromatic heterocycles. The molecule has 0 bridgehead atoms. The monoisotopic (exact) mass is 280 g/mol. The summed E-state index contributed by atoms with van der Waals surface area (Å²) in [5, 5.41) is 11.0. The lowest BCUT2D eigenvalue weighted by molar-refractivity contribution is 0.0821. The fourth-order valence-electron chi connectivity index (χ4n) is 1.48. The van der Waals surface area contributed by atoms with Gasteiger partial charge in [0, 0.05) is 33.9 Å². The van der Waals surface area contributed by atoms with E-state index in [0.717, 1.165) is 26.2 Å². The van der Waals surface area contributed by atoms with Crippen LogP contribution in [0, 0.1) is 5.92 Å². The first-order chi connectivity index (χ1) is 9.50. The van der Waals surface area contributed by atoms with E-state index in [9.17, 15) is 4.79 Å². The highest BCUT2D eigenvalue weighted by Gasteiger charge is 2.09. The molecule has 1 amide bonds. The SMILES string of the molecule is CC(C)COCCCNc1ccc(C(=O)N(C)C)nn1. The summed E-state index contributed by atoms with van der Waals surface area (Å²) in [6, 6.07) is 3.44. The molecule has 1 aromatic rings. The van der Waals surface area contributed by atoms with Crippen LogP contribution >= 0.6 is 0 Å². The number of aromatic nitrogens is 2. The van der Waals surface area contributed by atoms with Crippen LogP contribution in [-0.2, 0) is 4.74 Å². The van der Waals surface area contributed by atoms with Gasteiger partial charge in [0.25, 0.3) is 5.91 Å². The molecule has 0 aliphatic carbocycles. The van der Waals surface area contributed by atoms with Crippen molar-refractivity contribution < 1.29 is 9.53 Å². The average Bonchev–Trinajstić information content (AvgIpc) is 2.42. The van der Waals surface area contributed by atoms with Gasteiger partial charge in [-0.15, -0.1) is 10.2 Å². The zero-order valence-electron chi connectivity index (χ0n) is 12.7. The molecule has 20 heavy (non-hydrogen) atoms. The van der Waals surface area contributed by atoms with Crippen LogP contribution in [-0.4, -0.2) is 54.9 Å². The van der Waals surface area contributed by atoms with E-state index in [2.05, 4.69) is 29.4 Å². The Morgan fingerprint density at radius 1 is 1.35 bits per heavy atom. The van der Waals surface area contributed by atoms with E-state index >= 15 is 0 Å². The second kappa shape index (κ2) is 8.47. The molecule has 0 aliphatic heterocycles. The van der Waals surface area contributed by atoms with Gasteiger partial charge in [0.05, 0.1) is 0 Å². The van der Waals surface area contributed by atoms with Gasteiger partial charge < -0.3 is 15.0 Å². The Morgan fingerprint density at radius 2 is 2.10 bits per heavy atom. The van der Waals surface area contributed by atoms with Crippen LogP contribution in [0.3, 0.4) is 0 Å². The van der Waals surface area contributed by atoms with Crippen LogP contribution in [0.4, 0.5) is 5.82 Å². The van der Waals surface area contributed by atoms with E-state index in [1.165, 1.54) is 4.90 Å². The molecule has 0 atom stereocenters. The highest BCUT2D eigenvalue weighted by Crippen LogP contribution is 2.03. The molecule has 0 saturated carbocycles. The smallest absolute Gasteiger partial charge is 0.273 e. The standard InChI is InChI=1S/C14H24N4O2/c1-11(2)10-20-9-5-8-15-13-7-6-12(16-17-13)14(19)18(3)4/h6-7,11H,5,8-10H2,1-4H3,(H,15,17). The maximum absolute atomic E-state index is 11.6. The Balaban J connectivity index is 2.27. The van der Waals surface area contributed by atoms with Crippen LogP contribution in [0.15, 0.2) is 12.1 Å². The molecule has 0 spiro atoms. The zero-order valence-corrected chi connectivity index (χ0v) is 12.7. The van der Waals surface area contributed by atoms with Crippen LogP contribution in [0.2, 0.25) is 0 Å². The molecule has 6 nitrogen and oxygen atoms in total. The number of ether oxygens (including phenoxy) is 1. The third-order valence-corrected chi connectivity index (χ3v) is 2.51. The summed E-state index contributed by atoms with van der Waals surface area (Å²) in [6.07, 6.45) is 0.910. The Kier molecular flexibility index (Phi) is 6.93. The third kappa shape index (κ3) is 5.97. The number of nitrogens with one attached hydrogen (secondary N) is 1. The van der Waals surface area contributed by atoms with Crippen LogP contribution < -0.4 is 5.32 Å². The maximum Gasteiger partial charge on any atom is 0.273 e. The Bertz CT molecular complexity index is 404. The van der Waals surface area contributed by atoms with E-state index in [-0.39, 0.29) is 5.91 Å². The second-order valence-corrected chi connectivity index (χ2v) is 5.25. The Morgan fingerprint density at radius 3 is 2.65 bits per heavy atom. The normalized spacial score (nSPS) is 10.7. The summed E-state index contributed by atoms with van der Waals surface area (Å²) in [4.78, 5) is 13.1. The van der Waals surface area contributed by atoms with Gasteiger partial charge in [0.1, 0.15) is 5.82 Å². The second-order valence-electron chi connectivity index (χ2n) is 5.25. The van der Waals surface area contributed by atoms with Crippen LogP contribution in [0.1, 0.15) is 30.8 Å². The molecule has 112 valence electrons. The van der Waals surface area contributed by atoms with Crippen molar-refractivity contribution in [1.29, 1.82) is 0 Å². The van der Waals surface area contributed by atoms with E-state index in [1.54, 1.807) is 26.2 Å². The molecule has 0 aromatic carbocycles. The minimum atomic E-state index is -0.147. The number of amides is 1. The number of hydrogen-bond donors (Lipinski definition) is 1. The first-order valence-electron chi connectivity index (χ1n) is 6.87. The fourth-order valence-corrected chi connectivity index (χ4v) is 1.48. The quantitative estimate of drug-likeness (QED) is 0.733. The number of rotatable bonds is 8. The van der Waals surface area contributed by atoms with Gasteiger partial charge in [-0.25, -0.2) is 0 Å². The number of carbonyl (C=O) groups excluding carboxylic acids is 1. The third-order valence-electron chi connectivity index (χ3n) is 2.51. The van der Waals surface area contributed by atoms with Crippen LogP contribution in [0.5, 0.6) is 0 Å². The molecule has 0 saturated heterocycles. The average molecular weight is 280 g/mol. The van der Waals surface area contributed by atoms with Crippen molar-refractivity contribution in [3.63, 3.8) is 0 Å². The predicted molar refractivity (Wildman–Crippen MR) is 78.8 cm³/mol. The summed E-state index contributed by atoms with van der Waals surface area (Å²) in [7, 11) is 3.38. The van der Waals surface area contributed by atoms with Crippen molar-refractivity contribution in [2.45, 2.75) is 20.3 Å². The summed E-state index contributed by atoms with van der Waals surface area (Å²) < 4.78 is 5.48. The van der Waals surface area contributed by atoms with Crippen molar-refractivity contribution in [2.24, 2.45) is 5.92 Å². The predicted octanol–water partition coefficient (Wildman–Crippen LogP) is 1.65. The van der Waals surface area contributed by atoms with E-state index in [4.69, 9.17) is 4.74 Å². The van der Waals surface area contributed by atoms with Gasteiger partial charge in [-0.3, -0.25) is 4.79 Å². The largest absolute Gasteiger partial charge is 0.381 e. The van der Waals surface area contributed by atoms with E-state index in [0.29, 0.717) is 17.4 Å². The number of hydrogen-bond acceptors (Lipinski definition) is 5. The number of anilines is 1. The lowest BCUT2D eigenvalue weighted by Crippen LogP contribution is -2.23.